The summed E-state index contributed by atoms with van der Waals surface area (Å²) in [6.45, 7) is 5.10. The third-order valence-corrected chi connectivity index (χ3v) is 3.77. The van der Waals surface area contributed by atoms with Gasteiger partial charge in [-0.25, -0.2) is 9.79 Å². The van der Waals surface area contributed by atoms with Crippen molar-refractivity contribution in [2.75, 3.05) is 19.7 Å². The summed E-state index contributed by atoms with van der Waals surface area (Å²) in [5, 5.41) is 28.7. The third kappa shape index (κ3) is 3.75. The van der Waals surface area contributed by atoms with Gasteiger partial charge in [-0.05, 0) is 19.9 Å². The molecule has 0 spiro atoms. The molecule has 0 aromatic carbocycles. The van der Waals surface area contributed by atoms with E-state index in [0.29, 0.717) is 0 Å². The van der Waals surface area contributed by atoms with Crippen LogP contribution in [-0.2, 0) is 4.74 Å². The normalized spacial score (nSPS) is 27.7. The number of rotatable bonds is 6. The maximum Gasteiger partial charge on any atom is 0.351 e. The second kappa shape index (κ2) is 7.64. The molecule has 23 heavy (non-hydrogen) atoms. The smallest absolute Gasteiger partial charge is 0.351 e. The molecule has 0 saturated carbocycles. The minimum absolute atomic E-state index is 0.241. The lowest BCUT2D eigenvalue weighted by Crippen LogP contribution is -2.35. The fourth-order valence-corrected chi connectivity index (χ4v) is 2.31. The highest BCUT2D eigenvalue weighted by molar-refractivity contribution is 5.59. The highest BCUT2D eigenvalue weighted by Crippen LogP contribution is 2.28. The first kappa shape index (κ1) is 17.5. The topological polar surface area (TPSA) is 120 Å². The van der Waals surface area contributed by atoms with Gasteiger partial charge in [0.25, 0.3) is 0 Å². The number of hydrogen-bond acceptors (Lipinski definition) is 7. The molecule has 3 N–H and O–H groups in total. The van der Waals surface area contributed by atoms with Gasteiger partial charge in [-0.2, -0.15) is 4.98 Å². The summed E-state index contributed by atoms with van der Waals surface area (Å²) < 4.78 is 6.37. The summed E-state index contributed by atoms with van der Waals surface area (Å²) in [4.78, 5) is 22.0. The van der Waals surface area contributed by atoms with E-state index in [1.165, 1.54) is 12.3 Å². The molecule has 1 aliphatic rings. The molecule has 2 rings (SSSR count). The van der Waals surface area contributed by atoms with Crippen molar-refractivity contribution in [3.8, 4) is 0 Å². The Kier molecular flexibility index (Phi) is 5.83. The summed E-state index contributed by atoms with van der Waals surface area (Å²) >= 11 is 0. The Morgan fingerprint density at radius 3 is 2.61 bits per heavy atom. The predicted octanol–water partition coefficient (Wildman–Crippen LogP) is -1.14. The van der Waals surface area contributed by atoms with Gasteiger partial charge in [0.1, 0.15) is 18.3 Å². The molecule has 9 nitrogen and oxygen atoms in total. The number of ether oxygens (including phenoxy) is 1. The van der Waals surface area contributed by atoms with E-state index < -0.39 is 36.8 Å². The lowest BCUT2D eigenvalue weighted by Gasteiger charge is -2.17. The molecule has 1 fully saturated rings. The average Bonchev–Trinajstić information content (AvgIpc) is 2.84. The Labute approximate surface area is 133 Å². The molecule has 9 heteroatoms. The summed E-state index contributed by atoms with van der Waals surface area (Å²) in [5.41, 5.74) is -0.658. The molecule has 0 aliphatic carbocycles. The molecule has 0 bridgehead atoms. The Morgan fingerprint density at radius 1 is 1.39 bits per heavy atom. The molecule has 1 aromatic rings. The monoisotopic (exact) mass is 326 g/mol. The molecule has 0 amide bonds. The van der Waals surface area contributed by atoms with Gasteiger partial charge >= 0.3 is 5.69 Å². The van der Waals surface area contributed by atoms with E-state index >= 15 is 0 Å². The van der Waals surface area contributed by atoms with Gasteiger partial charge in [-0.1, -0.05) is 0 Å². The summed E-state index contributed by atoms with van der Waals surface area (Å²) in [6.07, 6.45) is -1.62. The van der Waals surface area contributed by atoms with E-state index in [2.05, 4.69) is 9.98 Å². The van der Waals surface area contributed by atoms with Crippen LogP contribution in [0.15, 0.2) is 22.1 Å². The van der Waals surface area contributed by atoms with Gasteiger partial charge in [0.05, 0.1) is 12.9 Å². The molecule has 1 aromatic heterocycles. The zero-order valence-corrected chi connectivity index (χ0v) is 13.1. The van der Waals surface area contributed by atoms with Crippen molar-refractivity contribution in [2.45, 2.75) is 38.4 Å². The maximum absolute atomic E-state index is 12.1. The Balaban J connectivity index is 2.19. The SMILES string of the molecule is CCN(C=Nc1ccn([C@@H]2O[C@H](CO)[C@@H](O)[C@@H]2O)c(=O)n1)CC. The summed E-state index contributed by atoms with van der Waals surface area (Å²) in [5.74, 6) is 0.241. The van der Waals surface area contributed by atoms with Crippen molar-refractivity contribution >= 4 is 12.2 Å². The van der Waals surface area contributed by atoms with Gasteiger partial charge in [-0.3, -0.25) is 4.57 Å². The van der Waals surface area contributed by atoms with Gasteiger partial charge in [0.15, 0.2) is 12.0 Å². The molecule has 1 saturated heterocycles. The van der Waals surface area contributed by atoms with Crippen LogP contribution >= 0.6 is 0 Å². The van der Waals surface area contributed by atoms with E-state index in [1.807, 2.05) is 18.7 Å². The first-order valence-electron chi connectivity index (χ1n) is 7.51. The van der Waals surface area contributed by atoms with Crippen molar-refractivity contribution in [1.82, 2.24) is 14.5 Å². The molecule has 4 atom stereocenters. The molecule has 0 radical (unpaired) electrons. The quantitative estimate of drug-likeness (QED) is 0.446. The van der Waals surface area contributed by atoms with E-state index in [4.69, 9.17) is 9.84 Å². The Bertz CT molecular complexity index is 601. The first-order chi connectivity index (χ1) is 11.0. The number of nitrogens with zero attached hydrogens (tertiary/aromatic N) is 4. The largest absolute Gasteiger partial charge is 0.394 e. The molecule has 1 aliphatic heterocycles. The van der Waals surface area contributed by atoms with E-state index in [1.54, 1.807) is 6.34 Å². The highest BCUT2D eigenvalue weighted by atomic mass is 16.6. The van der Waals surface area contributed by atoms with Crippen LogP contribution in [-0.4, -0.2) is 74.1 Å². The lowest BCUT2D eigenvalue weighted by molar-refractivity contribution is -0.0549. The van der Waals surface area contributed by atoms with Crippen molar-refractivity contribution in [3.05, 3.63) is 22.7 Å². The van der Waals surface area contributed by atoms with Gasteiger partial charge < -0.3 is 25.0 Å². The van der Waals surface area contributed by atoms with E-state index in [0.717, 1.165) is 17.7 Å². The molecule has 2 heterocycles. The Morgan fingerprint density at radius 2 is 2.09 bits per heavy atom. The summed E-state index contributed by atoms with van der Waals surface area (Å²) in [6, 6.07) is 1.51. The molecule has 0 unspecified atom stereocenters. The number of aliphatic hydroxyl groups excluding tert-OH is 3. The fraction of sp³-hybridized carbons (Fsp3) is 0.643. The van der Waals surface area contributed by atoms with Crippen molar-refractivity contribution in [2.24, 2.45) is 4.99 Å². The van der Waals surface area contributed by atoms with Crippen LogP contribution in [0.1, 0.15) is 20.1 Å². The lowest BCUT2D eigenvalue weighted by atomic mass is 10.1. The average molecular weight is 326 g/mol. The third-order valence-electron chi connectivity index (χ3n) is 3.77. The van der Waals surface area contributed by atoms with Crippen molar-refractivity contribution in [3.63, 3.8) is 0 Å². The highest BCUT2D eigenvalue weighted by Gasteiger charge is 2.43. The second-order valence-electron chi connectivity index (χ2n) is 5.17. The molecule has 128 valence electrons. The predicted molar refractivity (Wildman–Crippen MR) is 82.6 cm³/mol. The summed E-state index contributed by atoms with van der Waals surface area (Å²) in [7, 11) is 0. The fourth-order valence-electron chi connectivity index (χ4n) is 2.31. The standard InChI is InChI=1S/C14H22N4O5/c1-3-17(4-2)8-15-10-5-6-18(14(22)16-10)13-12(21)11(20)9(7-19)23-13/h5-6,8-9,11-13,19-21H,3-4,7H2,1-2H3/t9-,11-,12+,13-/m1/s1. The maximum atomic E-state index is 12.1. The van der Waals surface area contributed by atoms with Gasteiger partial charge in [0.2, 0.25) is 0 Å². The number of hydrogen-bond donors (Lipinski definition) is 3. The van der Waals surface area contributed by atoms with E-state index in [9.17, 15) is 15.0 Å². The zero-order valence-electron chi connectivity index (χ0n) is 13.1. The van der Waals surface area contributed by atoms with Crippen LogP contribution in [0, 0.1) is 0 Å². The second-order valence-corrected chi connectivity index (χ2v) is 5.17. The van der Waals surface area contributed by atoms with Gasteiger partial charge in [0, 0.05) is 19.3 Å². The molecular weight excluding hydrogens is 304 g/mol. The minimum Gasteiger partial charge on any atom is -0.394 e. The van der Waals surface area contributed by atoms with Crippen molar-refractivity contribution in [1.29, 1.82) is 0 Å². The van der Waals surface area contributed by atoms with Crippen molar-refractivity contribution < 1.29 is 20.1 Å². The van der Waals surface area contributed by atoms with E-state index in [-0.39, 0.29) is 5.82 Å². The van der Waals surface area contributed by atoms with Crippen LogP contribution in [0.2, 0.25) is 0 Å². The Hall–Kier alpha value is -1.81. The van der Waals surface area contributed by atoms with Crippen LogP contribution in [0.5, 0.6) is 0 Å². The first-order valence-corrected chi connectivity index (χ1v) is 7.51. The van der Waals surface area contributed by atoms with Crippen LogP contribution in [0.3, 0.4) is 0 Å². The number of aromatic nitrogens is 2. The minimum atomic E-state index is -1.32. The molecular formula is C14H22N4O5. The van der Waals surface area contributed by atoms with Crippen LogP contribution < -0.4 is 5.69 Å². The van der Waals surface area contributed by atoms with Crippen LogP contribution in [0.25, 0.3) is 0 Å². The van der Waals surface area contributed by atoms with Crippen LogP contribution in [0.4, 0.5) is 5.82 Å². The zero-order chi connectivity index (χ0) is 17.0. The van der Waals surface area contributed by atoms with Gasteiger partial charge in [-0.15, -0.1) is 0 Å². The number of aliphatic imine (C=N–C) groups is 1. The number of aliphatic hydroxyl groups is 3.